The predicted octanol–water partition coefficient (Wildman–Crippen LogP) is 4.61. The second-order valence-electron chi connectivity index (χ2n) is 4.91. The minimum atomic E-state index is -0.0865. The molecule has 1 saturated heterocycles. The van der Waals surface area contributed by atoms with Gasteiger partial charge in [-0.15, -0.1) is 0 Å². The van der Waals surface area contributed by atoms with Crippen LogP contribution >= 0.6 is 23.2 Å². The number of hydrogen-bond donors (Lipinski definition) is 0. The van der Waals surface area contributed by atoms with E-state index in [0.717, 1.165) is 30.6 Å². The molecule has 1 aliphatic heterocycles. The van der Waals surface area contributed by atoms with Crippen LogP contribution in [0.2, 0.25) is 10.3 Å². The highest BCUT2D eigenvalue weighted by atomic mass is 35.5. The molecule has 3 rings (SSSR count). The highest BCUT2D eigenvalue weighted by Crippen LogP contribution is 2.35. The molecule has 1 unspecified atom stereocenters. The zero-order valence-corrected chi connectivity index (χ0v) is 12.6. The third kappa shape index (κ3) is 2.66. The Kier molecular flexibility index (Phi) is 3.92. The molecule has 5 heteroatoms. The third-order valence-corrected chi connectivity index (χ3v) is 3.91. The van der Waals surface area contributed by atoms with E-state index in [1.165, 1.54) is 0 Å². The van der Waals surface area contributed by atoms with Crippen LogP contribution < -0.4 is 0 Å². The van der Waals surface area contributed by atoms with Crippen molar-refractivity contribution in [1.82, 2.24) is 9.97 Å². The van der Waals surface area contributed by atoms with E-state index < -0.39 is 0 Å². The average molecular weight is 309 g/mol. The summed E-state index contributed by atoms with van der Waals surface area (Å²) in [6, 6.07) is 7.95. The normalized spacial score (nSPS) is 18.4. The molecule has 1 aliphatic rings. The van der Waals surface area contributed by atoms with Gasteiger partial charge in [-0.1, -0.05) is 53.0 Å². The van der Waals surface area contributed by atoms with Gasteiger partial charge in [-0.3, -0.25) is 0 Å². The van der Waals surface area contributed by atoms with E-state index in [1.807, 2.05) is 31.2 Å². The summed E-state index contributed by atoms with van der Waals surface area (Å²) in [7, 11) is 0. The monoisotopic (exact) mass is 308 g/mol. The van der Waals surface area contributed by atoms with Crippen molar-refractivity contribution in [1.29, 1.82) is 0 Å². The van der Waals surface area contributed by atoms with Gasteiger partial charge >= 0.3 is 0 Å². The fourth-order valence-corrected chi connectivity index (χ4v) is 3.01. The van der Waals surface area contributed by atoms with Crippen LogP contribution in [0, 0.1) is 6.92 Å². The number of hydrogen-bond acceptors (Lipinski definition) is 3. The van der Waals surface area contributed by atoms with Crippen LogP contribution in [0.1, 0.15) is 30.3 Å². The lowest BCUT2D eigenvalue weighted by molar-refractivity contribution is 0.105. The van der Waals surface area contributed by atoms with Crippen molar-refractivity contribution in [2.24, 2.45) is 0 Å². The summed E-state index contributed by atoms with van der Waals surface area (Å²) in [6.07, 6.45) is 1.84. The van der Waals surface area contributed by atoms with Crippen molar-refractivity contribution in [2.75, 3.05) is 6.61 Å². The summed E-state index contributed by atoms with van der Waals surface area (Å²) in [5.74, 6) is 0.578. The molecule has 104 valence electrons. The van der Waals surface area contributed by atoms with Crippen molar-refractivity contribution < 1.29 is 4.74 Å². The molecule has 0 saturated carbocycles. The van der Waals surface area contributed by atoms with Gasteiger partial charge in [0.25, 0.3) is 0 Å². The van der Waals surface area contributed by atoms with E-state index in [1.54, 1.807) is 0 Å². The Morgan fingerprint density at radius 1 is 1.20 bits per heavy atom. The number of rotatable bonds is 2. The lowest BCUT2D eigenvalue weighted by atomic mass is 10.1. The standard InChI is InChI=1S/C15H14Cl2N2O/c1-9-4-2-5-10(8-9)12-13(16)18-15(19-14(12)17)11-6-3-7-20-11/h2,4-5,8,11H,3,6-7H2,1H3. The highest BCUT2D eigenvalue weighted by Gasteiger charge is 2.23. The molecular weight excluding hydrogens is 295 g/mol. The van der Waals surface area contributed by atoms with Gasteiger partial charge in [0.1, 0.15) is 16.4 Å². The maximum atomic E-state index is 6.31. The SMILES string of the molecule is Cc1cccc(-c2c(Cl)nc(C3CCCO3)nc2Cl)c1. The number of aromatic nitrogens is 2. The van der Waals surface area contributed by atoms with Crippen molar-refractivity contribution in [3.8, 4) is 11.1 Å². The van der Waals surface area contributed by atoms with Crippen molar-refractivity contribution in [3.63, 3.8) is 0 Å². The van der Waals surface area contributed by atoms with Crippen LogP contribution in [0.25, 0.3) is 11.1 Å². The van der Waals surface area contributed by atoms with E-state index in [0.29, 0.717) is 21.7 Å². The summed E-state index contributed by atoms with van der Waals surface area (Å²) in [5.41, 5.74) is 2.75. The Hall–Kier alpha value is -1.16. The molecule has 1 aromatic heterocycles. The van der Waals surface area contributed by atoms with Crippen LogP contribution in [-0.4, -0.2) is 16.6 Å². The second-order valence-corrected chi connectivity index (χ2v) is 5.63. The van der Waals surface area contributed by atoms with Gasteiger partial charge in [0.2, 0.25) is 0 Å². The zero-order valence-electron chi connectivity index (χ0n) is 11.1. The Labute approximate surface area is 127 Å². The molecule has 0 bridgehead atoms. The highest BCUT2D eigenvalue weighted by molar-refractivity contribution is 6.37. The quantitative estimate of drug-likeness (QED) is 0.760. The minimum Gasteiger partial charge on any atom is -0.370 e. The van der Waals surface area contributed by atoms with E-state index >= 15 is 0 Å². The van der Waals surface area contributed by atoms with E-state index in [4.69, 9.17) is 27.9 Å². The fourth-order valence-electron chi connectivity index (χ4n) is 2.39. The molecular formula is C15H14Cl2N2O. The van der Waals surface area contributed by atoms with Crippen molar-refractivity contribution in [3.05, 3.63) is 46.0 Å². The first-order valence-corrected chi connectivity index (χ1v) is 7.32. The van der Waals surface area contributed by atoms with E-state index in [-0.39, 0.29) is 6.10 Å². The molecule has 2 aromatic rings. The molecule has 0 aliphatic carbocycles. The average Bonchev–Trinajstić information content (AvgIpc) is 2.91. The predicted molar refractivity (Wildman–Crippen MR) is 80.2 cm³/mol. The van der Waals surface area contributed by atoms with Crippen molar-refractivity contribution in [2.45, 2.75) is 25.9 Å². The van der Waals surface area contributed by atoms with Crippen LogP contribution in [-0.2, 0) is 4.74 Å². The molecule has 1 atom stereocenters. The molecule has 0 radical (unpaired) electrons. The molecule has 0 N–H and O–H groups in total. The second kappa shape index (κ2) is 5.68. The fraction of sp³-hybridized carbons (Fsp3) is 0.333. The van der Waals surface area contributed by atoms with Crippen LogP contribution in [0.5, 0.6) is 0 Å². The molecule has 0 spiro atoms. The summed E-state index contributed by atoms with van der Waals surface area (Å²) in [5, 5.41) is 0.752. The number of ether oxygens (including phenoxy) is 1. The molecule has 1 aromatic carbocycles. The number of aryl methyl sites for hydroxylation is 1. The number of benzene rings is 1. The Morgan fingerprint density at radius 2 is 1.95 bits per heavy atom. The smallest absolute Gasteiger partial charge is 0.160 e. The maximum Gasteiger partial charge on any atom is 0.160 e. The van der Waals surface area contributed by atoms with Gasteiger partial charge < -0.3 is 4.74 Å². The maximum absolute atomic E-state index is 6.31. The van der Waals surface area contributed by atoms with Gasteiger partial charge in [-0.05, 0) is 25.3 Å². The van der Waals surface area contributed by atoms with Crippen LogP contribution in [0.3, 0.4) is 0 Å². The van der Waals surface area contributed by atoms with Gasteiger partial charge in [0, 0.05) is 6.61 Å². The molecule has 2 heterocycles. The third-order valence-electron chi connectivity index (χ3n) is 3.36. The van der Waals surface area contributed by atoms with Crippen LogP contribution in [0.4, 0.5) is 0 Å². The molecule has 1 fully saturated rings. The Morgan fingerprint density at radius 3 is 2.55 bits per heavy atom. The molecule has 20 heavy (non-hydrogen) atoms. The zero-order chi connectivity index (χ0) is 14.1. The topological polar surface area (TPSA) is 35.0 Å². The Balaban J connectivity index is 2.04. The first-order chi connectivity index (χ1) is 9.65. The summed E-state index contributed by atoms with van der Waals surface area (Å²) >= 11 is 12.6. The van der Waals surface area contributed by atoms with E-state index in [2.05, 4.69) is 9.97 Å². The molecule has 3 nitrogen and oxygen atoms in total. The van der Waals surface area contributed by atoms with Crippen LogP contribution in [0.15, 0.2) is 24.3 Å². The first kappa shape index (κ1) is 13.8. The summed E-state index contributed by atoms with van der Waals surface area (Å²) < 4.78 is 5.57. The first-order valence-electron chi connectivity index (χ1n) is 6.57. The van der Waals surface area contributed by atoms with Gasteiger partial charge in [0.05, 0.1) is 5.56 Å². The van der Waals surface area contributed by atoms with Crippen molar-refractivity contribution >= 4 is 23.2 Å². The lowest BCUT2D eigenvalue weighted by Crippen LogP contribution is -2.04. The van der Waals surface area contributed by atoms with Gasteiger partial charge in [-0.25, -0.2) is 9.97 Å². The lowest BCUT2D eigenvalue weighted by Gasteiger charge is -2.12. The largest absolute Gasteiger partial charge is 0.370 e. The summed E-state index contributed by atoms with van der Waals surface area (Å²) in [4.78, 5) is 8.73. The number of nitrogens with zero attached hydrogens (tertiary/aromatic N) is 2. The Bertz CT molecular complexity index is 617. The van der Waals surface area contributed by atoms with E-state index in [9.17, 15) is 0 Å². The summed E-state index contributed by atoms with van der Waals surface area (Å²) in [6.45, 7) is 2.76. The van der Waals surface area contributed by atoms with Gasteiger partial charge in [-0.2, -0.15) is 0 Å². The molecule has 0 amide bonds. The van der Waals surface area contributed by atoms with Gasteiger partial charge in [0.15, 0.2) is 5.82 Å². The number of halogens is 2. The minimum absolute atomic E-state index is 0.0865.